The van der Waals surface area contributed by atoms with Crippen LogP contribution in [0.2, 0.25) is 0 Å². The Morgan fingerprint density at radius 1 is 1.16 bits per heavy atom. The monoisotopic (exact) mass is 256 g/mol. The van der Waals surface area contributed by atoms with Crippen molar-refractivity contribution < 1.29 is 4.79 Å². The fraction of sp³-hybridized carbons (Fsp3) is 0.375. The van der Waals surface area contributed by atoms with E-state index in [1.807, 2.05) is 56.9 Å². The number of pyridine rings is 1. The molecule has 0 fully saturated rings. The van der Waals surface area contributed by atoms with E-state index in [4.69, 9.17) is 0 Å². The summed E-state index contributed by atoms with van der Waals surface area (Å²) in [5.74, 6) is 0.0817. The van der Waals surface area contributed by atoms with Crippen molar-refractivity contribution in [1.82, 2.24) is 9.88 Å². The lowest BCUT2D eigenvalue weighted by Crippen LogP contribution is -2.31. The Labute approximate surface area is 114 Å². The largest absolute Gasteiger partial charge is 0.339 e. The fourth-order valence-electron chi connectivity index (χ4n) is 2.51. The summed E-state index contributed by atoms with van der Waals surface area (Å²) in [6, 6.07) is 7.97. The van der Waals surface area contributed by atoms with E-state index in [1.54, 1.807) is 0 Å². The number of amides is 1. The van der Waals surface area contributed by atoms with Crippen molar-refractivity contribution in [3.05, 3.63) is 41.1 Å². The van der Waals surface area contributed by atoms with Gasteiger partial charge in [-0.15, -0.1) is 0 Å². The van der Waals surface area contributed by atoms with Crippen LogP contribution < -0.4 is 0 Å². The van der Waals surface area contributed by atoms with Crippen molar-refractivity contribution in [2.24, 2.45) is 0 Å². The average molecular weight is 256 g/mol. The zero-order valence-electron chi connectivity index (χ0n) is 12.0. The van der Waals surface area contributed by atoms with Crippen LogP contribution in [-0.4, -0.2) is 28.9 Å². The van der Waals surface area contributed by atoms with Crippen LogP contribution in [0.25, 0.3) is 10.9 Å². The van der Waals surface area contributed by atoms with E-state index < -0.39 is 0 Å². The summed E-state index contributed by atoms with van der Waals surface area (Å²) in [4.78, 5) is 19.0. The number of hydrogen-bond donors (Lipinski definition) is 0. The van der Waals surface area contributed by atoms with Gasteiger partial charge in [0.15, 0.2) is 0 Å². The SMILES string of the molecule is CCN(CC)C(=O)c1c(C)nc2ccccc2c1C. The molecule has 0 aliphatic carbocycles. The zero-order chi connectivity index (χ0) is 14.0. The lowest BCUT2D eigenvalue weighted by atomic mass is 10.0. The predicted molar refractivity (Wildman–Crippen MR) is 78.5 cm³/mol. The number of aromatic nitrogens is 1. The standard InChI is InChI=1S/C16H20N2O/c1-5-18(6-2)16(19)15-11(3)13-9-7-8-10-14(13)17-12(15)4/h7-10H,5-6H2,1-4H3. The third kappa shape index (κ3) is 2.33. The van der Waals surface area contributed by atoms with Gasteiger partial charge in [-0.05, 0) is 39.3 Å². The van der Waals surface area contributed by atoms with Gasteiger partial charge >= 0.3 is 0 Å². The van der Waals surface area contributed by atoms with Gasteiger partial charge in [-0.2, -0.15) is 0 Å². The maximum atomic E-state index is 12.6. The number of fused-ring (bicyclic) bond motifs is 1. The second-order valence-electron chi connectivity index (χ2n) is 4.69. The van der Waals surface area contributed by atoms with E-state index in [2.05, 4.69) is 4.98 Å². The first-order valence-electron chi connectivity index (χ1n) is 6.75. The Balaban J connectivity index is 2.63. The van der Waals surface area contributed by atoms with Gasteiger partial charge in [0, 0.05) is 18.5 Å². The molecule has 0 atom stereocenters. The topological polar surface area (TPSA) is 33.2 Å². The van der Waals surface area contributed by atoms with E-state index in [9.17, 15) is 4.79 Å². The van der Waals surface area contributed by atoms with Crippen LogP contribution in [0.3, 0.4) is 0 Å². The van der Waals surface area contributed by atoms with Crippen LogP contribution in [0.1, 0.15) is 35.5 Å². The van der Waals surface area contributed by atoms with Crippen molar-refractivity contribution in [3.8, 4) is 0 Å². The number of aryl methyl sites for hydroxylation is 2. The fourth-order valence-corrected chi connectivity index (χ4v) is 2.51. The number of benzene rings is 1. The van der Waals surface area contributed by atoms with Gasteiger partial charge in [-0.1, -0.05) is 18.2 Å². The molecule has 1 aromatic carbocycles. The molecule has 0 saturated carbocycles. The summed E-state index contributed by atoms with van der Waals surface area (Å²) in [6.07, 6.45) is 0. The quantitative estimate of drug-likeness (QED) is 0.844. The number of carbonyl (C=O) groups is 1. The van der Waals surface area contributed by atoms with Crippen LogP contribution >= 0.6 is 0 Å². The second-order valence-corrected chi connectivity index (χ2v) is 4.69. The highest BCUT2D eigenvalue weighted by atomic mass is 16.2. The minimum absolute atomic E-state index is 0.0817. The van der Waals surface area contributed by atoms with Gasteiger partial charge in [0.05, 0.1) is 16.8 Å². The van der Waals surface area contributed by atoms with Crippen molar-refractivity contribution in [3.63, 3.8) is 0 Å². The molecular weight excluding hydrogens is 236 g/mol. The highest BCUT2D eigenvalue weighted by Gasteiger charge is 2.19. The molecule has 0 N–H and O–H groups in total. The molecule has 0 bridgehead atoms. The van der Waals surface area contributed by atoms with Crippen LogP contribution in [0.4, 0.5) is 0 Å². The molecule has 2 aromatic rings. The number of para-hydroxylation sites is 1. The van der Waals surface area contributed by atoms with E-state index in [1.165, 1.54) is 0 Å². The second kappa shape index (κ2) is 5.39. The Hall–Kier alpha value is -1.90. The van der Waals surface area contributed by atoms with Crippen LogP contribution in [0.5, 0.6) is 0 Å². The van der Waals surface area contributed by atoms with E-state index in [0.29, 0.717) is 0 Å². The number of rotatable bonds is 3. The number of carbonyl (C=O) groups excluding carboxylic acids is 1. The van der Waals surface area contributed by atoms with Crippen molar-refractivity contribution in [2.45, 2.75) is 27.7 Å². The Bertz CT molecular complexity index is 615. The Morgan fingerprint density at radius 2 is 1.79 bits per heavy atom. The number of hydrogen-bond acceptors (Lipinski definition) is 2. The van der Waals surface area contributed by atoms with Gasteiger partial charge in [-0.25, -0.2) is 0 Å². The molecule has 19 heavy (non-hydrogen) atoms. The zero-order valence-corrected chi connectivity index (χ0v) is 12.0. The van der Waals surface area contributed by atoms with Crippen molar-refractivity contribution in [1.29, 1.82) is 0 Å². The minimum atomic E-state index is 0.0817. The molecule has 1 aromatic heterocycles. The molecule has 0 aliphatic rings. The minimum Gasteiger partial charge on any atom is -0.339 e. The maximum absolute atomic E-state index is 12.6. The van der Waals surface area contributed by atoms with E-state index >= 15 is 0 Å². The molecular formula is C16H20N2O. The first kappa shape index (κ1) is 13.5. The smallest absolute Gasteiger partial charge is 0.255 e. The number of nitrogens with zero attached hydrogens (tertiary/aromatic N) is 2. The summed E-state index contributed by atoms with van der Waals surface area (Å²) in [6.45, 7) is 9.37. The van der Waals surface area contributed by atoms with Crippen LogP contribution in [0, 0.1) is 13.8 Å². The molecule has 0 unspecified atom stereocenters. The molecule has 2 rings (SSSR count). The molecule has 0 radical (unpaired) electrons. The van der Waals surface area contributed by atoms with E-state index in [0.717, 1.165) is 40.8 Å². The van der Waals surface area contributed by atoms with Gasteiger partial charge in [0.2, 0.25) is 0 Å². The maximum Gasteiger partial charge on any atom is 0.255 e. The Kier molecular flexibility index (Phi) is 3.84. The van der Waals surface area contributed by atoms with Gasteiger partial charge in [-0.3, -0.25) is 9.78 Å². The molecule has 1 heterocycles. The third-order valence-electron chi connectivity index (χ3n) is 3.60. The summed E-state index contributed by atoms with van der Waals surface area (Å²) in [7, 11) is 0. The lowest BCUT2D eigenvalue weighted by molar-refractivity contribution is 0.0771. The molecule has 3 heteroatoms. The Morgan fingerprint density at radius 3 is 2.42 bits per heavy atom. The van der Waals surface area contributed by atoms with Gasteiger partial charge < -0.3 is 4.90 Å². The molecule has 3 nitrogen and oxygen atoms in total. The highest BCUT2D eigenvalue weighted by Crippen LogP contribution is 2.23. The van der Waals surface area contributed by atoms with Gasteiger partial charge in [0.1, 0.15) is 0 Å². The van der Waals surface area contributed by atoms with E-state index in [-0.39, 0.29) is 5.91 Å². The normalized spacial score (nSPS) is 10.7. The third-order valence-corrected chi connectivity index (χ3v) is 3.60. The molecule has 100 valence electrons. The highest BCUT2D eigenvalue weighted by molar-refractivity contribution is 6.01. The molecule has 0 spiro atoms. The lowest BCUT2D eigenvalue weighted by Gasteiger charge is -2.21. The molecule has 0 aliphatic heterocycles. The summed E-state index contributed by atoms with van der Waals surface area (Å²) >= 11 is 0. The predicted octanol–water partition coefficient (Wildman–Crippen LogP) is 3.33. The first-order chi connectivity index (χ1) is 9.10. The summed E-state index contributed by atoms with van der Waals surface area (Å²) < 4.78 is 0. The van der Waals surface area contributed by atoms with Crippen molar-refractivity contribution >= 4 is 16.8 Å². The average Bonchev–Trinajstić information content (AvgIpc) is 2.40. The van der Waals surface area contributed by atoms with Crippen molar-refractivity contribution in [2.75, 3.05) is 13.1 Å². The molecule has 0 saturated heterocycles. The summed E-state index contributed by atoms with van der Waals surface area (Å²) in [5, 5.41) is 1.06. The summed E-state index contributed by atoms with van der Waals surface area (Å²) in [5.41, 5.74) is 3.55. The van der Waals surface area contributed by atoms with Crippen LogP contribution in [-0.2, 0) is 0 Å². The van der Waals surface area contributed by atoms with Crippen LogP contribution in [0.15, 0.2) is 24.3 Å². The molecule has 1 amide bonds. The van der Waals surface area contributed by atoms with Gasteiger partial charge in [0.25, 0.3) is 5.91 Å². The first-order valence-corrected chi connectivity index (χ1v) is 6.75.